The van der Waals surface area contributed by atoms with E-state index in [2.05, 4.69) is 8.37 Å². The Bertz CT molecular complexity index is 378. The predicted molar refractivity (Wildman–Crippen MR) is 29.8 cm³/mol. The highest BCUT2D eigenvalue weighted by Gasteiger charge is 2.56. The van der Waals surface area contributed by atoms with Crippen molar-refractivity contribution in [1.29, 1.82) is 0 Å². The van der Waals surface area contributed by atoms with E-state index in [0.29, 0.717) is 0 Å². The molecule has 1 aliphatic heterocycles. The number of hydrogen-bond donors (Lipinski definition) is 0. The van der Waals surface area contributed by atoms with Gasteiger partial charge < -0.3 is 0 Å². The van der Waals surface area contributed by atoms with Gasteiger partial charge in [0.05, 0.1) is 0 Å². The topological polar surface area (TPSA) is 86.7 Å². The van der Waals surface area contributed by atoms with Gasteiger partial charge in [0, 0.05) is 0 Å². The first-order valence-electron chi connectivity index (χ1n) is 2.36. The molecule has 1 heterocycles. The van der Waals surface area contributed by atoms with Crippen LogP contribution >= 0.6 is 0 Å². The lowest BCUT2D eigenvalue weighted by Crippen LogP contribution is -2.42. The molecule has 6 nitrogen and oxygen atoms in total. The van der Waals surface area contributed by atoms with Gasteiger partial charge in [-0.15, -0.1) is 0 Å². The van der Waals surface area contributed by atoms with Gasteiger partial charge in [-0.2, -0.15) is 29.8 Å². The van der Waals surface area contributed by atoms with Gasteiger partial charge in [0.2, 0.25) is 0 Å². The van der Waals surface area contributed by atoms with E-state index in [9.17, 15) is 25.6 Å². The van der Waals surface area contributed by atoms with Crippen molar-refractivity contribution in [2.24, 2.45) is 0 Å². The van der Waals surface area contributed by atoms with Crippen LogP contribution in [-0.2, 0) is 28.6 Å². The minimum absolute atomic E-state index is 1.43. The molecule has 72 valence electrons. The van der Waals surface area contributed by atoms with Crippen LogP contribution in [0.1, 0.15) is 0 Å². The van der Waals surface area contributed by atoms with Crippen LogP contribution in [0.2, 0.25) is 0 Å². The number of rotatable bonds is 0. The Kier molecular flexibility index (Phi) is 1.90. The van der Waals surface area contributed by atoms with Gasteiger partial charge in [0.15, 0.2) is 5.94 Å². The SMILES string of the molecule is O=S1(=O)COS(=O)(=O)C(F)(F)O1. The number of halogens is 2. The van der Waals surface area contributed by atoms with Crippen molar-refractivity contribution in [3.8, 4) is 0 Å². The fraction of sp³-hybridized carbons (Fsp3) is 1.00. The number of hydrogen-bond acceptors (Lipinski definition) is 6. The molecule has 0 amide bonds. The first-order chi connectivity index (χ1) is 5.16. The fourth-order valence-electron chi connectivity index (χ4n) is 0.404. The molecule has 1 aliphatic rings. The van der Waals surface area contributed by atoms with Crippen LogP contribution in [0.3, 0.4) is 0 Å². The second-order valence-electron chi connectivity index (χ2n) is 1.79. The minimum Gasteiger partial charge on any atom is -0.244 e. The first kappa shape index (κ1) is 9.77. The van der Waals surface area contributed by atoms with Gasteiger partial charge in [-0.3, -0.25) is 0 Å². The lowest BCUT2D eigenvalue weighted by Gasteiger charge is -2.20. The summed E-state index contributed by atoms with van der Waals surface area (Å²) in [6.45, 7) is 0. The summed E-state index contributed by atoms with van der Waals surface area (Å²) >= 11 is 0. The lowest BCUT2D eigenvalue weighted by atomic mass is 11.5. The Balaban J connectivity index is 3.14. The zero-order chi connectivity index (χ0) is 9.62. The molecule has 0 aromatic rings. The second-order valence-corrected chi connectivity index (χ2v) is 4.93. The summed E-state index contributed by atoms with van der Waals surface area (Å²) in [6, 6.07) is 0. The van der Waals surface area contributed by atoms with Crippen LogP contribution < -0.4 is 0 Å². The summed E-state index contributed by atoms with van der Waals surface area (Å²) in [7, 11) is -9.88. The molecule has 0 spiro atoms. The summed E-state index contributed by atoms with van der Waals surface area (Å²) in [5.41, 5.74) is -4.83. The lowest BCUT2D eigenvalue weighted by molar-refractivity contribution is -0.109. The molecule has 0 bridgehead atoms. The summed E-state index contributed by atoms with van der Waals surface area (Å²) in [5, 5.41) is 0. The van der Waals surface area contributed by atoms with Crippen molar-refractivity contribution < 1.29 is 34.0 Å². The van der Waals surface area contributed by atoms with Crippen LogP contribution in [-0.4, -0.2) is 28.2 Å². The Morgan fingerprint density at radius 2 is 1.67 bits per heavy atom. The molecule has 1 rings (SSSR count). The van der Waals surface area contributed by atoms with Crippen LogP contribution in [0.5, 0.6) is 0 Å². The first-order valence-corrected chi connectivity index (χ1v) is 5.35. The van der Waals surface area contributed by atoms with E-state index in [0.717, 1.165) is 0 Å². The van der Waals surface area contributed by atoms with E-state index >= 15 is 0 Å². The van der Waals surface area contributed by atoms with Crippen molar-refractivity contribution in [3.05, 3.63) is 0 Å². The highest BCUT2D eigenvalue weighted by Crippen LogP contribution is 2.31. The predicted octanol–water partition coefficient (Wildman–Crippen LogP) is -0.799. The molecule has 0 radical (unpaired) electrons. The summed E-state index contributed by atoms with van der Waals surface area (Å²) < 4.78 is 71.7. The smallest absolute Gasteiger partial charge is 0.244 e. The Hall–Kier alpha value is -0.320. The molecule has 0 N–H and O–H groups in total. The van der Waals surface area contributed by atoms with Gasteiger partial charge >= 0.3 is 15.6 Å². The molecule has 0 aromatic heterocycles. The molecule has 1 fully saturated rings. The average Bonchev–Trinajstić information content (AvgIpc) is 1.79. The van der Waals surface area contributed by atoms with E-state index < -0.39 is 31.6 Å². The largest absolute Gasteiger partial charge is 0.502 e. The van der Waals surface area contributed by atoms with E-state index in [1.165, 1.54) is 0 Å². The van der Waals surface area contributed by atoms with Crippen LogP contribution in [0, 0.1) is 0 Å². The van der Waals surface area contributed by atoms with E-state index in [-0.39, 0.29) is 0 Å². The fourth-order valence-corrected chi connectivity index (χ4v) is 2.51. The standard InChI is InChI=1S/C2H2F2O6S2/c3-2(4)10-11(5,6)1-9-12(2,7)8/h1H2. The maximum absolute atomic E-state index is 12.2. The monoisotopic (exact) mass is 224 g/mol. The van der Waals surface area contributed by atoms with Crippen LogP contribution in [0.15, 0.2) is 0 Å². The van der Waals surface area contributed by atoms with Crippen molar-refractivity contribution in [3.63, 3.8) is 0 Å². The van der Waals surface area contributed by atoms with Crippen molar-refractivity contribution in [2.75, 3.05) is 5.94 Å². The quantitative estimate of drug-likeness (QED) is 0.500. The third-order valence-electron chi connectivity index (χ3n) is 0.863. The van der Waals surface area contributed by atoms with E-state index in [4.69, 9.17) is 0 Å². The van der Waals surface area contributed by atoms with E-state index in [1.54, 1.807) is 0 Å². The molecular formula is C2H2F2O6S2. The minimum atomic E-state index is -5.27. The van der Waals surface area contributed by atoms with Gasteiger partial charge in [-0.05, 0) is 0 Å². The van der Waals surface area contributed by atoms with Crippen molar-refractivity contribution >= 4 is 20.2 Å². The molecule has 0 unspecified atom stereocenters. The van der Waals surface area contributed by atoms with E-state index in [1.807, 2.05) is 0 Å². The zero-order valence-corrected chi connectivity index (χ0v) is 6.86. The van der Waals surface area contributed by atoms with Gasteiger partial charge in [0.25, 0.3) is 10.1 Å². The highest BCUT2D eigenvalue weighted by atomic mass is 32.2. The number of alkyl halides is 2. The Morgan fingerprint density at radius 1 is 1.17 bits per heavy atom. The average molecular weight is 224 g/mol. The van der Waals surface area contributed by atoms with Crippen LogP contribution in [0.4, 0.5) is 8.78 Å². The molecule has 0 aromatic carbocycles. The molecule has 10 heteroatoms. The summed E-state index contributed by atoms with van der Waals surface area (Å²) in [6.07, 6.45) is 0. The van der Waals surface area contributed by atoms with Crippen LogP contribution in [0.25, 0.3) is 0 Å². The molecular weight excluding hydrogens is 222 g/mol. The Labute approximate surface area is 66.3 Å². The highest BCUT2D eigenvalue weighted by molar-refractivity contribution is 7.92. The zero-order valence-electron chi connectivity index (χ0n) is 5.23. The van der Waals surface area contributed by atoms with Gasteiger partial charge in [-0.25, -0.2) is 4.18 Å². The molecule has 12 heavy (non-hydrogen) atoms. The molecule has 0 aliphatic carbocycles. The van der Waals surface area contributed by atoms with Crippen molar-refractivity contribution in [1.82, 2.24) is 0 Å². The third-order valence-corrected chi connectivity index (χ3v) is 3.08. The third kappa shape index (κ3) is 1.55. The maximum Gasteiger partial charge on any atom is 0.502 e. The molecule has 0 saturated carbocycles. The summed E-state index contributed by atoms with van der Waals surface area (Å²) in [5.74, 6) is -1.43. The molecule has 0 atom stereocenters. The summed E-state index contributed by atoms with van der Waals surface area (Å²) in [4.78, 5) is 0. The van der Waals surface area contributed by atoms with Gasteiger partial charge in [0.1, 0.15) is 0 Å². The molecule has 1 saturated heterocycles. The normalized spacial score (nSPS) is 31.2. The Morgan fingerprint density at radius 3 is 2.00 bits per heavy atom. The van der Waals surface area contributed by atoms with Crippen molar-refractivity contribution in [2.45, 2.75) is 5.44 Å². The second kappa shape index (κ2) is 2.34. The maximum atomic E-state index is 12.2. The van der Waals surface area contributed by atoms with Gasteiger partial charge in [-0.1, -0.05) is 0 Å².